The lowest BCUT2D eigenvalue weighted by Gasteiger charge is -2.35. The fourth-order valence-corrected chi connectivity index (χ4v) is 1.20. The molecule has 0 aliphatic carbocycles. The van der Waals surface area contributed by atoms with Gasteiger partial charge in [0.25, 0.3) is 0 Å². The largest absolute Gasteiger partial charge is 0.478 e. The average molecular weight is 272 g/mol. The number of aliphatic carboxylic acids is 2. The zero-order valence-electron chi connectivity index (χ0n) is 11.5. The summed E-state index contributed by atoms with van der Waals surface area (Å²) in [6, 6.07) is 0. The summed E-state index contributed by atoms with van der Waals surface area (Å²) in [6.45, 7) is 5.65. The minimum Gasteiger partial charge on any atom is -0.478 e. The quantitative estimate of drug-likeness (QED) is 0.426. The van der Waals surface area contributed by atoms with Crippen molar-refractivity contribution in [1.29, 1.82) is 0 Å². The van der Waals surface area contributed by atoms with E-state index in [1.165, 1.54) is 33.8 Å². The number of hydrogen-bond donors (Lipinski definition) is 4. The van der Waals surface area contributed by atoms with E-state index in [9.17, 15) is 19.8 Å². The molecule has 0 spiro atoms. The molecule has 19 heavy (non-hydrogen) atoms. The monoisotopic (exact) mass is 272 g/mol. The minimum absolute atomic E-state index is 0.0710. The molecule has 0 radical (unpaired) electrons. The maximum Gasteiger partial charge on any atom is 0.331 e. The van der Waals surface area contributed by atoms with Gasteiger partial charge in [-0.15, -0.1) is 0 Å². The Morgan fingerprint density at radius 2 is 1.42 bits per heavy atom. The molecule has 0 rings (SSSR count). The number of allylic oxidation sites excluding steroid dienone is 1. The van der Waals surface area contributed by atoms with Gasteiger partial charge in [-0.05, 0) is 26.3 Å². The number of carbonyl (C=O) groups is 2. The summed E-state index contributed by atoms with van der Waals surface area (Å²) in [6.07, 6.45) is 2.29. The van der Waals surface area contributed by atoms with Crippen molar-refractivity contribution in [1.82, 2.24) is 0 Å². The second kappa shape index (κ2) is 5.99. The van der Waals surface area contributed by atoms with Crippen molar-refractivity contribution in [3.63, 3.8) is 0 Å². The SMILES string of the molecule is CC(=CCC(C)(C)C(O)(O)C=C(C)C(=O)O)C(=O)O. The van der Waals surface area contributed by atoms with Crippen LogP contribution in [-0.2, 0) is 9.59 Å². The molecule has 0 bridgehead atoms. The first-order valence-corrected chi connectivity index (χ1v) is 5.68. The van der Waals surface area contributed by atoms with Gasteiger partial charge in [-0.2, -0.15) is 0 Å². The first-order valence-electron chi connectivity index (χ1n) is 5.68. The predicted octanol–water partition coefficient (Wildman–Crippen LogP) is 1.15. The van der Waals surface area contributed by atoms with Crippen molar-refractivity contribution in [3.8, 4) is 0 Å². The van der Waals surface area contributed by atoms with Crippen LogP contribution in [0.1, 0.15) is 34.1 Å². The molecule has 0 aromatic rings. The van der Waals surface area contributed by atoms with Crippen LogP contribution in [0.15, 0.2) is 23.3 Å². The van der Waals surface area contributed by atoms with E-state index >= 15 is 0 Å². The van der Waals surface area contributed by atoms with Gasteiger partial charge in [-0.3, -0.25) is 0 Å². The molecule has 0 fully saturated rings. The van der Waals surface area contributed by atoms with Crippen molar-refractivity contribution < 1.29 is 30.0 Å². The predicted molar refractivity (Wildman–Crippen MR) is 68.4 cm³/mol. The van der Waals surface area contributed by atoms with Crippen LogP contribution in [0.25, 0.3) is 0 Å². The third kappa shape index (κ3) is 4.84. The fourth-order valence-electron chi connectivity index (χ4n) is 1.20. The second-order valence-corrected chi connectivity index (χ2v) is 5.14. The maximum absolute atomic E-state index is 10.7. The van der Waals surface area contributed by atoms with E-state index < -0.39 is 23.1 Å². The maximum atomic E-state index is 10.7. The van der Waals surface area contributed by atoms with E-state index in [1.807, 2.05) is 0 Å². The molecule has 4 N–H and O–H groups in total. The lowest BCUT2D eigenvalue weighted by atomic mass is 9.79. The number of aliphatic hydroxyl groups is 2. The van der Waals surface area contributed by atoms with Gasteiger partial charge >= 0.3 is 11.9 Å². The highest BCUT2D eigenvalue weighted by atomic mass is 16.5. The molecular weight excluding hydrogens is 252 g/mol. The third-order valence-corrected chi connectivity index (χ3v) is 3.01. The van der Waals surface area contributed by atoms with E-state index in [-0.39, 0.29) is 17.6 Å². The fraction of sp³-hybridized carbons (Fsp3) is 0.538. The molecule has 0 aliphatic rings. The van der Waals surface area contributed by atoms with Gasteiger partial charge in [0.1, 0.15) is 0 Å². The number of hydrogen-bond acceptors (Lipinski definition) is 4. The van der Waals surface area contributed by atoms with Gasteiger partial charge in [0.2, 0.25) is 0 Å². The van der Waals surface area contributed by atoms with Gasteiger partial charge in [-0.1, -0.05) is 19.9 Å². The Hall–Kier alpha value is -1.66. The molecule has 0 amide bonds. The van der Waals surface area contributed by atoms with Crippen LogP contribution in [0.5, 0.6) is 0 Å². The van der Waals surface area contributed by atoms with Crippen LogP contribution < -0.4 is 0 Å². The van der Waals surface area contributed by atoms with E-state index in [1.54, 1.807) is 0 Å². The molecule has 6 heteroatoms. The zero-order valence-corrected chi connectivity index (χ0v) is 11.5. The Kier molecular flexibility index (Phi) is 5.46. The average Bonchev–Trinajstić information content (AvgIpc) is 2.24. The van der Waals surface area contributed by atoms with Gasteiger partial charge in [-0.25, -0.2) is 9.59 Å². The summed E-state index contributed by atoms with van der Waals surface area (Å²) >= 11 is 0. The summed E-state index contributed by atoms with van der Waals surface area (Å²) in [7, 11) is 0. The molecule has 0 aromatic heterocycles. The topological polar surface area (TPSA) is 115 Å². The third-order valence-electron chi connectivity index (χ3n) is 3.01. The number of carboxylic acids is 2. The second-order valence-electron chi connectivity index (χ2n) is 5.14. The Labute approximate surface area is 111 Å². The summed E-state index contributed by atoms with van der Waals surface area (Å²) in [5, 5.41) is 37.3. The van der Waals surface area contributed by atoms with Crippen molar-refractivity contribution in [2.75, 3.05) is 0 Å². The highest BCUT2D eigenvalue weighted by Crippen LogP contribution is 2.35. The van der Waals surface area contributed by atoms with Crippen molar-refractivity contribution in [2.45, 2.75) is 39.9 Å². The van der Waals surface area contributed by atoms with Gasteiger partial charge in [0, 0.05) is 16.6 Å². The highest BCUT2D eigenvalue weighted by molar-refractivity contribution is 5.86. The first kappa shape index (κ1) is 17.3. The van der Waals surface area contributed by atoms with Crippen molar-refractivity contribution in [3.05, 3.63) is 23.3 Å². The molecule has 0 aliphatic heterocycles. The summed E-state index contributed by atoms with van der Waals surface area (Å²) in [5.74, 6) is -4.69. The van der Waals surface area contributed by atoms with E-state index in [2.05, 4.69) is 0 Å². The normalized spacial score (nSPS) is 14.4. The van der Waals surface area contributed by atoms with E-state index in [4.69, 9.17) is 10.2 Å². The van der Waals surface area contributed by atoms with Gasteiger partial charge < -0.3 is 20.4 Å². The molecule has 0 heterocycles. The first-order chi connectivity index (χ1) is 8.40. The highest BCUT2D eigenvalue weighted by Gasteiger charge is 2.40. The van der Waals surface area contributed by atoms with Crippen molar-refractivity contribution in [2.24, 2.45) is 5.41 Å². The smallest absolute Gasteiger partial charge is 0.331 e. The molecule has 0 atom stereocenters. The molecule has 0 saturated carbocycles. The van der Waals surface area contributed by atoms with E-state index in [0.717, 1.165) is 6.08 Å². The van der Waals surface area contributed by atoms with Gasteiger partial charge in [0.05, 0.1) is 0 Å². The Morgan fingerprint density at radius 1 is 1.00 bits per heavy atom. The zero-order chi connectivity index (χ0) is 15.4. The van der Waals surface area contributed by atoms with Crippen LogP contribution in [0.3, 0.4) is 0 Å². The molecule has 0 unspecified atom stereocenters. The number of carboxylic acid groups (broad SMARTS) is 2. The standard InChI is InChI=1S/C13H20O6/c1-8(10(14)15)5-6-12(3,4)13(18,19)7-9(2)11(16)17/h5,7,18-19H,6H2,1-4H3,(H,14,15)(H,16,17). The van der Waals surface area contributed by atoms with Gasteiger partial charge in [0.15, 0.2) is 5.79 Å². The van der Waals surface area contributed by atoms with Crippen molar-refractivity contribution >= 4 is 11.9 Å². The van der Waals surface area contributed by atoms with E-state index in [0.29, 0.717) is 0 Å². The molecule has 108 valence electrons. The van der Waals surface area contributed by atoms with Crippen LogP contribution >= 0.6 is 0 Å². The molecule has 0 saturated heterocycles. The number of rotatable bonds is 6. The summed E-state index contributed by atoms with van der Waals surface area (Å²) in [5.41, 5.74) is -1.25. The lowest BCUT2D eigenvalue weighted by molar-refractivity contribution is -0.194. The molecular formula is C13H20O6. The molecule has 0 aromatic carbocycles. The summed E-state index contributed by atoms with van der Waals surface area (Å²) < 4.78 is 0. The van der Waals surface area contributed by atoms with Crippen LogP contribution in [0.2, 0.25) is 0 Å². The van der Waals surface area contributed by atoms with Crippen LogP contribution in [0.4, 0.5) is 0 Å². The van der Waals surface area contributed by atoms with Crippen LogP contribution in [0, 0.1) is 5.41 Å². The summed E-state index contributed by atoms with van der Waals surface area (Å²) in [4.78, 5) is 21.3. The Bertz CT molecular complexity index is 428. The minimum atomic E-state index is -2.36. The van der Waals surface area contributed by atoms with Crippen LogP contribution in [-0.4, -0.2) is 38.2 Å². The Balaban J connectivity index is 5.19. The molecule has 6 nitrogen and oxygen atoms in total. The Morgan fingerprint density at radius 3 is 1.79 bits per heavy atom. The lowest BCUT2D eigenvalue weighted by Crippen LogP contribution is -2.43.